The van der Waals surface area contributed by atoms with E-state index in [4.69, 9.17) is 0 Å². The lowest BCUT2D eigenvalue weighted by atomic mass is 9.94. The molecule has 0 unspecified atom stereocenters. The SMILES string of the molecule is c1ccc(-c2ccc3sc4c(-c5ccc6c7ccc(-c8cc(-c9ccccc9)cc9c8sc8ccc(-c%10ccccc%10)cc89)cc7n(-c7ccccc7)c6c5)cc(-c5ccccc5)cc4c3c2)cc1. The molecule has 0 saturated carbocycles. The summed E-state index contributed by atoms with van der Waals surface area (Å²) in [5, 5.41) is 7.65. The van der Waals surface area contributed by atoms with Crippen LogP contribution in [0.15, 0.2) is 249 Å². The van der Waals surface area contributed by atoms with Crippen molar-refractivity contribution < 1.29 is 0 Å². The Labute approximate surface area is 408 Å². The van der Waals surface area contributed by atoms with Crippen LogP contribution in [0.25, 0.3) is 135 Å². The minimum Gasteiger partial charge on any atom is -0.309 e. The maximum Gasteiger partial charge on any atom is 0.0547 e. The maximum absolute atomic E-state index is 2.49. The molecular weight excluding hydrogens is 871 g/mol. The van der Waals surface area contributed by atoms with Crippen LogP contribution < -0.4 is 0 Å². The number of benzene rings is 11. The molecule has 0 amide bonds. The van der Waals surface area contributed by atoms with E-state index in [1.54, 1.807) is 0 Å². The van der Waals surface area contributed by atoms with Gasteiger partial charge in [-0.2, -0.15) is 0 Å². The highest BCUT2D eigenvalue weighted by molar-refractivity contribution is 7.26. The van der Waals surface area contributed by atoms with Crippen molar-refractivity contribution in [2.45, 2.75) is 0 Å². The lowest BCUT2D eigenvalue weighted by molar-refractivity contribution is 1.18. The minimum atomic E-state index is 1.14. The highest BCUT2D eigenvalue weighted by Gasteiger charge is 2.20. The Hall–Kier alpha value is -8.34. The Bertz CT molecular complexity index is 4000. The molecule has 0 fully saturated rings. The maximum atomic E-state index is 2.49. The van der Waals surface area contributed by atoms with Crippen molar-refractivity contribution in [3.05, 3.63) is 249 Å². The molecule has 0 spiro atoms. The third-order valence-electron chi connectivity index (χ3n) is 14.0. The van der Waals surface area contributed by atoms with E-state index in [-0.39, 0.29) is 0 Å². The second-order valence-electron chi connectivity index (χ2n) is 18.0. The number of hydrogen-bond donors (Lipinski definition) is 0. The Morgan fingerprint density at radius 1 is 0.232 bits per heavy atom. The monoisotopic (exact) mass is 911 g/mol. The Kier molecular flexibility index (Phi) is 9.33. The first kappa shape index (κ1) is 39.8. The number of nitrogens with zero attached hydrogens (tertiary/aromatic N) is 1. The van der Waals surface area contributed by atoms with E-state index < -0.39 is 0 Å². The first-order chi connectivity index (χ1) is 34.2. The molecule has 14 aromatic rings. The van der Waals surface area contributed by atoms with Gasteiger partial charge in [0.1, 0.15) is 0 Å². The summed E-state index contributed by atoms with van der Waals surface area (Å²) in [5.41, 5.74) is 18.2. The Morgan fingerprint density at radius 3 is 0.986 bits per heavy atom. The fourth-order valence-corrected chi connectivity index (χ4v) is 13.0. The molecule has 0 aliphatic rings. The molecule has 322 valence electrons. The van der Waals surface area contributed by atoms with Crippen molar-refractivity contribution in [1.29, 1.82) is 0 Å². The zero-order valence-electron chi connectivity index (χ0n) is 37.4. The van der Waals surface area contributed by atoms with Crippen molar-refractivity contribution in [2.75, 3.05) is 0 Å². The number of para-hydroxylation sites is 1. The van der Waals surface area contributed by atoms with Crippen molar-refractivity contribution in [3.63, 3.8) is 0 Å². The molecule has 0 bridgehead atoms. The molecule has 0 aliphatic heterocycles. The predicted molar refractivity (Wildman–Crippen MR) is 299 cm³/mol. The molecule has 3 heterocycles. The van der Waals surface area contributed by atoms with E-state index >= 15 is 0 Å². The Morgan fingerprint density at radius 2 is 0.580 bits per heavy atom. The van der Waals surface area contributed by atoms with Crippen LogP contribution in [0.2, 0.25) is 0 Å². The first-order valence-electron chi connectivity index (χ1n) is 23.6. The number of hydrogen-bond acceptors (Lipinski definition) is 2. The van der Waals surface area contributed by atoms with E-state index in [9.17, 15) is 0 Å². The van der Waals surface area contributed by atoms with Crippen LogP contribution in [-0.2, 0) is 0 Å². The van der Waals surface area contributed by atoms with Crippen LogP contribution in [-0.4, -0.2) is 4.57 Å². The van der Waals surface area contributed by atoms with E-state index in [0.29, 0.717) is 0 Å². The van der Waals surface area contributed by atoms with Gasteiger partial charge in [0.15, 0.2) is 0 Å². The van der Waals surface area contributed by atoms with E-state index in [2.05, 4.69) is 253 Å². The third kappa shape index (κ3) is 6.73. The van der Waals surface area contributed by atoms with E-state index in [0.717, 1.165) is 5.69 Å². The van der Waals surface area contributed by atoms with Gasteiger partial charge in [-0.15, -0.1) is 22.7 Å². The van der Waals surface area contributed by atoms with Crippen LogP contribution in [0.1, 0.15) is 0 Å². The van der Waals surface area contributed by atoms with Crippen LogP contribution in [0.3, 0.4) is 0 Å². The van der Waals surface area contributed by atoms with Gasteiger partial charge in [0, 0.05) is 67.9 Å². The van der Waals surface area contributed by atoms with Gasteiger partial charge in [0.2, 0.25) is 0 Å². The fourth-order valence-electron chi connectivity index (χ4n) is 10.6. The number of rotatable bonds is 7. The lowest BCUT2D eigenvalue weighted by Gasteiger charge is -2.12. The smallest absolute Gasteiger partial charge is 0.0547 e. The normalized spacial score (nSPS) is 11.8. The van der Waals surface area contributed by atoms with Gasteiger partial charge >= 0.3 is 0 Å². The van der Waals surface area contributed by atoms with Crippen LogP contribution in [0.4, 0.5) is 0 Å². The summed E-state index contributed by atoms with van der Waals surface area (Å²) in [4.78, 5) is 0. The number of fused-ring (bicyclic) bond motifs is 9. The molecule has 0 saturated heterocycles. The molecule has 0 atom stereocenters. The summed E-state index contributed by atoms with van der Waals surface area (Å²) in [5.74, 6) is 0. The molecule has 14 rings (SSSR count). The summed E-state index contributed by atoms with van der Waals surface area (Å²) in [6, 6.07) is 92.0. The number of thiophene rings is 2. The molecule has 69 heavy (non-hydrogen) atoms. The molecule has 3 aromatic heterocycles. The second-order valence-corrected chi connectivity index (χ2v) is 20.1. The molecule has 0 radical (unpaired) electrons. The highest BCUT2D eigenvalue weighted by Crippen LogP contribution is 2.48. The zero-order chi connectivity index (χ0) is 45.4. The van der Waals surface area contributed by atoms with Crippen molar-refractivity contribution in [1.82, 2.24) is 4.57 Å². The average Bonchev–Trinajstić information content (AvgIpc) is 4.10. The van der Waals surface area contributed by atoms with Crippen molar-refractivity contribution in [2.24, 2.45) is 0 Å². The van der Waals surface area contributed by atoms with Gasteiger partial charge in [-0.1, -0.05) is 176 Å². The summed E-state index contributed by atoms with van der Waals surface area (Å²) in [7, 11) is 0. The largest absolute Gasteiger partial charge is 0.309 e. The van der Waals surface area contributed by atoms with Gasteiger partial charge < -0.3 is 4.57 Å². The summed E-state index contributed by atoms with van der Waals surface area (Å²) in [6.07, 6.45) is 0. The number of aromatic nitrogens is 1. The zero-order valence-corrected chi connectivity index (χ0v) is 39.1. The lowest BCUT2D eigenvalue weighted by Crippen LogP contribution is -1.94. The van der Waals surface area contributed by atoms with Crippen LogP contribution >= 0.6 is 22.7 Å². The van der Waals surface area contributed by atoms with E-state index in [1.807, 2.05) is 22.7 Å². The second kappa shape index (κ2) is 16.2. The van der Waals surface area contributed by atoms with Crippen LogP contribution in [0, 0.1) is 0 Å². The molecule has 1 nitrogen and oxygen atoms in total. The molecule has 11 aromatic carbocycles. The third-order valence-corrected chi connectivity index (χ3v) is 16.4. The minimum absolute atomic E-state index is 1.14. The van der Waals surface area contributed by atoms with Gasteiger partial charge in [-0.3, -0.25) is 0 Å². The molecular formula is C66H41NS2. The van der Waals surface area contributed by atoms with Crippen LogP contribution in [0.5, 0.6) is 0 Å². The van der Waals surface area contributed by atoms with E-state index in [1.165, 1.54) is 129 Å². The summed E-state index contributed by atoms with van der Waals surface area (Å²) >= 11 is 3.79. The molecule has 0 N–H and O–H groups in total. The fraction of sp³-hybridized carbons (Fsp3) is 0. The highest BCUT2D eigenvalue weighted by atomic mass is 32.1. The van der Waals surface area contributed by atoms with Gasteiger partial charge in [-0.25, -0.2) is 0 Å². The quantitative estimate of drug-likeness (QED) is 0.150. The summed E-state index contributed by atoms with van der Waals surface area (Å²) < 4.78 is 7.69. The molecule has 3 heteroatoms. The average molecular weight is 912 g/mol. The van der Waals surface area contributed by atoms with Crippen molar-refractivity contribution in [3.8, 4) is 72.4 Å². The van der Waals surface area contributed by atoms with Gasteiger partial charge in [0.25, 0.3) is 0 Å². The Balaban J connectivity index is 0.994. The topological polar surface area (TPSA) is 4.93 Å². The van der Waals surface area contributed by atoms with Gasteiger partial charge in [-0.05, 0) is 128 Å². The van der Waals surface area contributed by atoms with Crippen molar-refractivity contribution >= 4 is 84.8 Å². The van der Waals surface area contributed by atoms with Gasteiger partial charge in [0.05, 0.1) is 11.0 Å². The predicted octanol–water partition coefficient (Wildman–Crippen LogP) is 19.5. The first-order valence-corrected chi connectivity index (χ1v) is 25.2. The summed E-state index contributed by atoms with van der Waals surface area (Å²) in [6.45, 7) is 0. The standard InChI is InChI=1S/C66H41NS2/c1-6-16-42(17-7-1)46-28-32-63-57(34-46)59-38-50(44-20-10-3-11-21-44)36-55(65(59)68-63)48-26-30-53-54-31-27-49(41-62(54)67(61(53)40-48)52-24-14-5-15-25-52)56-37-51(45-22-12-4-13-23-45)39-60-58-35-47(43-18-8-2-9-19-43)29-33-64(58)69-66(56)60/h1-41H. The molecule has 0 aliphatic carbocycles.